The minimum absolute atomic E-state index is 0. The summed E-state index contributed by atoms with van der Waals surface area (Å²) in [6.45, 7) is 5.57. The molecule has 9 heteroatoms. The first-order valence-corrected chi connectivity index (χ1v) is 9.95. The molecule has 0 radical (unpaired) electrons. The Labute approximate surface area is 161 Å². The number of nitrogens with two attached hydrogens (primary N) is 1. The average Bonchev–Trinajstić information content (AvgIpc) is 2.60. The molecule has 0 bridgehead atoms. The van der Waals surface area contributed by atoms with Crippen LogP contribution in [0.5, 0.6) is 0 Å². The molecule has 0 spiro atoms. The van der Waals surface area contributed by atoms with E-state index < -0.39 is 15.6 Å². The van der Waals surface area contributed by atoms with Crippen LogP contribution in [0, 0.1) is 0 Å². The molecule has 2 rings (SSSR count). The Kier molecular flexibility index (Phi) is 8.49. The predicted molar refractivity (Wildman–Crippen MR) is 103 cm³/mol. The van der Waals surface area contributed by atoms with Gasteiger partial charge in [0.05, 0.1) is 23.6 Å². The van der Waals surface area contributed by atoms with Gasteiger partial charge in [0.2, 0.25) is 15.9 Å². The van der Waals surface area contributed by atoms with Crippen LogP contribution in [0.3, 0.4) is 0 Å². The topological polar surface area (TPSA) is 102 Å². The normalized spacial score (nSPS) is 17.8. The first-order valence-electron chi connectivity index (χ1n) is 8.51. The summed E-state index contributed by atoms with van der Waals surface area (Å²) in [6, 6.07) is 6.56. The number of rotatable bonds is 7. The molecule has 1 atom stereocenters. The zero-order chi connectivity index (χ0) is 18.5. The highest BCUT2D eigenvalue weighted by Gasteiger charge is 2.27. The van der Waals surface area contributed by atoms with E-state index in [0.29, 0.717) is 39.3 Å². The maximum absolute atomic E-state index is 12.6. The van der Waals surface area contributed by atoms with Gasteiger partial charge in [0.15, 0.2) is 0 Å². The molecule has 1 aromatic carbocycles. The van der Waals surface area contributed by atoms with Crippen LogP contribution >= 0.6 is 12.4 Å². The second kappa shape index (κ2) is 9.66. The van der Waals surface area contributed by atoms with E-state index in [2.05, 4.69) is 5.32 Å². The number of hydrogen-bond donors (Lipinski definition) is 2. The Hall–Kier alpha value is -1.19. The fraction of sp³-hybridized carbons (Fsp3) is 0.588. The van der Waals surface area contributed by atoms with E-state index in [0.717, 1.165) is 12.0 Å². The summed E-state index contributed by atoms with van der Waals surface area (Å²) >= 11 is 0. The molecule has 26 heavy (non-hydrogen) atoms. The van der Waals surface area contributed by atoms with Crippen molar-refractivity contribution in [3.05, 3.63) is 29.8 Å². The van der Waals surface area contributed by atoms with E-state index in [9.17, 15) is 13.2 Å². The van der Waals surface area contributed by atoms with Crippen molar-refractivity contribution in [2.75, 3.05) is 26.3 Å². The first-order chi connectivity index (χ1) is 11.8. The summed E-state index contributed by atoms with van der Waals surface area (Å²) in [5, 5.41) is 2.81. The third-order valence-electron chi connectivity index (χ3n) is 4.27. The maximum atomic E-state index is 12.6. The molecular formula is C17H28ClN3O4S. The van der Waals surface area contributed by atoms with E-state index in [1.54, 1.807) is 31.2 Å². The Bertz CT molecular complexity index is 686. The Balaban J connectivity index is 0.00000338. The molecule has 1 saturated heterocycles. The number of morpholine rings is 1. The molecular weight excluding hydrogens is 378 g/mol. The van der Waals surface area contributed by atoms with Crippen LogP contribution in [0.1, 0.15) is 32.3 Å². The largest absolute Gasteiger partial charge is 0.379 e. The Morgan fingerprint density at radius 1 is 1.27 bits per heavy atom. The van der Waals surface area contributed by atoms with Gasteiger partial charge in [0.1, 0.15) is 0 Å². The lowest BCUT2D eigenvalue weighted by Gasteiger charge is -2.26. The van der Waals surface area contributed by atoms with E-state index in [1.165, 1.54) is 4.31 Å². The lowest BCUT2D eigenvalue weighted by molar-refractivity contribution is -0.126. The number of carbonyl (C=O) groups is 1. The standard InChI is InChI=1S/C17H27N3O4S.ClH/c1-3-8-17(2,18)16(21)19-13-14-4-6-15(7-5-14)25(22,23)20-9-11-24-12-10-20;/h4-7H,3,8-13,18H2,1-2H3,(H,19,21);1H. The van der Waals surface area contributed by atoms with Crippen molar-refractivity contribution in [1.82, 2.24) is 9.62 Å². The second-order valence-electron chi connectivity index (χ2n) is 6.51. The van der Waals surface area contributed by atoms with Gasteiger partial charge in [-0.05, 0) is 31.0 Å². The molecule has 1 amide bonds. The summed E-state index contributed by atoms with van der Waals surface area (Å²) in [5.41, 5.74) is 5.92. The quantitative estimate of drug-likeness (QED) is 0.711. The number of halogens is 1. The average molecular weight is 406 g/mol. The van der Waals surface area contributed by atoms with Crippen molar-refractivity contribution < 1.29 is 17.9 Å². The van der Waals surface area contributed by atoms with Crippen LogP contribution in [0.4, 0.5) is 0 Å². The molecule has 0 aromatic heterocycles. The number of carbonyl (C=O) groups excluding carboxylic acids is 1. The van der Waals surface area contributed by atoms with Crippen LogP contribution in [0.2, 0.25) is 0 Å². The predicted octanol–water partition coefficient (Wildman–Crippen LogP) is 1.26. The van der Waals surface area contributed by atoms with Crippen LogP contribution in [0.15, 0.2) is 29.2 Å². The lowest BCUT2D eigenvalue weighted by Crippen LogP contribution is -2.51. The van der Waals surface area contributed by atoms with E-state index in [4.69, 9.17) is 10.5 Å². The van der Waals surface area contributed by atoms with Gasteiger partial charge in [-0.2, -0.15) is 4.31 Å². The number of hydrogen-bond acceptors (Lipinski definition) is 5. The van der Waals surface area contributed by atoms with Gasteiger partial charge >= 0.3 is 0 Å². The van der Waals surface area contributed by atoms with Crippen molar-refractivity contribution in [1.29, 1.82) is 0 Å². The van der Waals surface area contributed by atoms with E-state index in [1.807, 2.05) is 6.92 Å². The Morgan fingerprint density at radius 2 is 1.85 bits per heavy atom. The van der Waals surface area contributed by atoms with Gasteiger partial charge in [-0.15, -0.1) is 12.4 Å². The zero-order valence-corrected chi connectivity index (χ0v) is 16.9. The van der Waals surface area contributed by atoms with E-state index in [-0.39, 0.29) is 23.2 Å². The number of amides is 1. The number of ether oxygens (including phenoxy) is 1. The summed E-state index contributed by atoms with van der Waals surface area (Å²) in [4.78, 5) is 12.4. The monoisotopic (exact) mass is 405 g/mol. The van der Waals surface area contributed by atoms with Gasteiger partial charge in [-0.3, -0.25) is 4.79 Å². The number of sulfonamides is 1. The third-order valence-corrected chi connectivity index (χ3v) is 6.19. The molecule has 1 heterocycles. The van der Waals surface area contributed by atoms with Crippen LogP contribution in [-0.2, 0) is 26.1 Å². The first kappa shape index (κ1) is 22.9. The molecule has 1 aliphatic heterocycles. The highest BCUT2D eigenvalue weighted by Crippen LogP contribution is 2.18. The van der Waals surface area contributed by atoms with Crippen LogP contribution in [0.25, 0.3) is 0 Å². The minimum Gasteiger partial charge on any atom is -0.379 e. The highest BCUT2D eigenvalue weighted by atomic mass is 35.5. The zero-order valence-electron chi connectivity index (χ0n) is 15.2. The Morgan fingerprint density at radius 3 is 2.38 bits per heavy atom. The van der Waals surface area contributed by atoms with Gasteiger partial charge in [-0.25, -0.2) is 8.42 Å². The third kappa shape index (κ3) is 5.65. The minimum atomic E-state index is -3.49. The summed E-state index contributed by atoms with van der Waals surface area (Å²) in [6.07, 6.45) is 1.43. The summed E-state index contributed by atoms with van der Waals surface area (Å²) in [5.74, 6) is -0.209. The summed E-state index contributed by atoms with van der Waals surface area (Å²) in [7, 11) is -3.49. The molecule has 1 aliphatic rings. The van der Waals surface area contributed by atoms with Gasteiger partial charge in [0, 0.05) is 19.6 Å². The SMILES string of the molecule is CCCC(C)(N)C(=O)NCc1ccc(S(=O)(=O)N2CCOCC2)cc1.Cl. The fourth-order valence-corrected chi connectivity index (χ4v) is 4.14. The van der Waals surface area contributed by atoms with Crippen molar-refractivity contribution in [2.24, 2.45) is 5.73 Å². The highest BCUT2D eigenvalue weighted by molar-refractivity contribution is 7.89. The molecule has 148 valence electrons. The van der Waals surface area contributed by atoms with E-state index >= 15 is 0 Å². The van der Waals surface area contributed by atoms with Gasteiger partial charge in [0.25, 0.3) is 0 Å². The molecule has 1 unspecified atom stereocenters. The molecule has 3 N–H and O–H groups in total. The van der Waals surface area contributed by atoms with Crippen molar-refractivity contribution in [3.8, 4) is 0 Å². The molecule has 1 fully saturated rings. The van der Waals surface area contributed by atoms with Crippen LogP contribution in [-0.4, -0.2) is 50.5 Å². The lowest BCUT2D eigenvalue weighted by atomic mass is 9.96. The van der Waals surface area contributed by atoms with Crippen molar-refractivity contribution in [3.63, 3.8) is 0 Å². The second-order valence-corrected chi connectivity index (χ2v) is 8.45. The maximum Gasteiger partial charge on any atom is 0.243 e. The fourth-order valence-electron chi connectivity index (χ4n) is 2.73. The van der Waals surface area contributed by atoms with Crippen LogP contribution < -0.4 is 11.1 Å². The number of nitrogens with one attached hydrogen (secondary N) is 1. The van der Waals surface area contributed by atoms with Gasteiger partial charge < -0.3 is 15.8 Å². The molecule has 1 aromatic rings. The molecule has 7 nitrogen and oxygen atoms in total. The van der Waals surface area contributed by atoms with Gasteiger partial charge in [-0.1, -0.05) is 25.5 Å². The number of benzene rings is 1. The van der Waals surface area contributed by atoms with Crippen molar-refractivity contribution >= 4 is 28.3 Å². The summed E-state index contributed by atoms with van der Waals surface area (Å²) < 4.78 is 31.7. The molecule has 0 saturated carbocycles. The molecule has 0 aliphatic carbocycles. The number of nitrogens with zero attached hydrogens (tertiary/aromatic N) is 1. The van der Waals surface area contributed by atoms with Crippen molar-refractivity contribution in [2.45, 2.75) is 43.7 Å². The smallest absolute Gasteiger partial charge is 0.243 e.